The summed E-state index contributed by atoms with van der Waals surface area (Å²) in [6, 6.07) is 14.9. The van der Waals surface area contributed by atoms with Crippen LogP contribution in [0.1, 0.15) is 11.1 Å². The molecular formula is C15H15ClN2O. The Bertz CT molecular complexity index is 567. The molecule has 2 amide bonds. The summed E-state index contributed by atoms with van der Waals surface area (Å²) in [6.07, 6.45) is 0. The van der Waals surface area contributed by atoms with E-state index in [0.717, 1.165) is 5.56 Å². The minimum absolute atomic E-state index is 0.270. The van der Waals surface area contributed by atoms with Gasteiger partial charge >= 0.3 is 6.03 Å². The number of hydrogen-bond donors (Lipinski definition) is 2. The van der Waals surface area contributed by atoms with E-state index in [-0.39, 0.29) is 6.03 Å². The molecule has 2 aromatic rings. The summed E-state index contributed by atoms with van der Waals surface area (Å²) >= 11 is 5.96. The number of hydrogen-bond acceptors (Lipinski definition) is 1. The van der Waals surface area contributed by atoms with Crippen LogP contribution in [0.25, 0.3) is 0 Å². The van der Waals surface area contributed by atoms with Crippen LogP contribution in [0.3, 0.4) is 0 Å². The van der Waals surface area contributed by atoms with Gasteiger partial charge in [-0.25, -0.2) is 4.79 Å². The third-order valence-corrected chi connectivity index (χ3v) is 3.03. The van der Waals surface area contributed by atoms with E-state index in [9.17, 15) is 4.79 Å². The molecule has 0 saturated heterocycles. The normalized spacial score (nSPS) is 10.0. The van der Waals surface area contributed by atoms with Gasteiger partial charge in [-0.15, -0.1) is 0 Å². The number of urea groups is 1. The Labute approximate surface area is 117 Å². The number of halogens is 1. The van der Waals surface area contributed by atoms with E-state index >= 15 is 0 Å². The van der Waals surface area contributed by atoms with Crippen molar-refractivity contribution >= 4 is 23.3 Å². The van der Waals surface area contributed by atoms with E-state index in [4.69, 9.17) is 11.6 Å². The van der Waals surface area contributed by atoms with E-state index in [1.807, 2.05) is 43.3 Å². The molecule has 0 saturated carbocycles. The fourth-order valence-electron chi connectivity index (χ4n) is 1.62. The monoisotopic (exact) mass is 274 g/mol. The molecule has 2 N–H and O–H groups in total. The first-order chi connectivity index (χ1) is 9.15. The van der Waals surface area contributed by atoms with Crippen LogP contribution in [-0.4, -0.2) is 6.03 Å². The summed E-state index contributed by atoms with van der Waals surface area (Å²) in [7, 11) is 0. The zero-order valence-electron chi connectivity index (χ0n) is 10.6. The molecule has 2 aromatic carbocycles. The molecule has 98 valence electrons. The van der Waals surface area contributed by atoms with Gasteiger partial charge in [0, 0.05) is 6.54 Å². The van der Waals surface area contributed by atoms with Crippen LogP contribution in [0.2, 0.25) is 5.02 Å². The Morgan fingerprint density at radius 1 is 1.11 bits per heavy atom. The van der Waals surface area contributed by atoms with Gasteiger partial charge in [0.2, 0.25) is 0 Å². The topological polar surface area (TPSA) is 41.1 Å². The smallest absolute Gasteiger partial charge is 0.319 e. The second-order valence-electron chi connectivity index (χ2n) is 4.27. The fraction of sp³-hybridized carbons (Fsp3) is 0.133. The van der Waals surface area contributed by atoms with E-state index in [1.54, 1.807) is 12.1 Å². The van der Waals surface area contributed by atoms with Crippen molar-refractivity contribution < 1.29 is 4.79 Å². The SMILES string of the molecule is Cc1ccc(CNC(=O)Nc2ccccc2Cl)cc1. The lowest BCUT2D eigenvalue weighted by molar-refractivity contribution is 0.251. The molecular weight excluding hydrogens is 260 g/mol. The molecule has 0 radical (unpaired) electrons. The predicted molar refractivity (Wildman–Crippen MR) is 78.5 cm³/mol. The van der Waals surface area contributed by atoms with Crippen LogP contribution in [0.5, 0.6) is 0 Å². The van der Waals surface area contributed by atoms with Gasteiger partial charge in [-0.3, -0.25) is 0 Å². The summed E-state index contributed by atoms with van der Waals surface area (Å²) < 4.78 is 0. The third kappa shape index (κ3) is 4.00. The summed E-state index contributed by atoms with van der Waals surface area (Å²) in [5, 5.41) is 6.02. The molecule has 0 atom stereocenters. The first-order valence-electron chi connectivity index (χ1n) is 6.00. The molecule has 3 nitrogen and oxygen atoms in total. The number of amides is 2. The number of para-hydroxylation sites is 1. The minimum atomic E-state index is -0.270. The molecule has 19 heavy (non-hydrogen) atoms. The van der Waals surface area contributed by atoms with Crippen molar-refractivity contribution in [3.8, 4) is 0 Å². The van der Waals surface area contributed by atoms with Gasteiger partial charge in [-0.2, -0.15) is 0 Å². The van der Waals surface area contributed by atoms with Crippen LogP contribution >= 0.6 is 11.6 Å². The molecule has 2 rings (SSSR count). The van der Waals surface area contributed by atoms with Crippen LogP contribution in [0, 0.1) is 6.92 Å². The summed E-state index contributed by atoms with van der Waals surface area (Å²) in [4.78, 5) is 11.7. The van der Waals surface area contributed by atoms with Crippen molar-refractivity contribution in [3.63, 3.8) is 0 Å². The number of anilines is 1. The van der Waals surface area contributed by atoms with Crippen molar-refractivity contribution in [1.29, 1.82) is 0 Å². The fourth-order valence-corrected chi connectivity index (χ4v) is 1.80. The molecule has 4 heteroatoms. The number of nitrogens with one attached hydrogen (secondary N) is 2. The quantitative estimate of drug-likeness (QED) is 0.874. The maximum atomic E-state index is 11.7. The van der Waals surface area contributed by atoms with Crippen molar-refractivity contribution in [2.75, 3.05) is 5.32 Å². The van der Waals surface area contributed by atoms with E-state index in [2.05, 4.69) is 10.6 Å². The average molecular weight is 275 g/mol. The van der Waals surface area contributed by atoms with Crippen LogP contribution < -0.4 is 10.6 Å². The van der Waals surface area contributed by atoms with Gasteiger partial charge in [0.15, 0.2) is 0 Å². The van der Waals surface area contributed by atoms with Crippen LogP contribution in [0.15, 0.2) is 48.5 Å². The molecule has 0 heterocycles. The van der Waals surface area contributed by atoms with Gasteiger partial charge in [0.05, 0.1) is 10.7 Å². The van der Waals surface area contributed by atoms with Gasteiger partial charge in [-0.1, -0.05) is 53.6 Å². The standard InChI is InChI=1S/C15H15ClN2O/c1-11-6-8-12(9-7-11)10-17-15(19)18-14-5-3-2-4-13(14)16/h2-9H,10H2,1H3,(H2,17,18,19). The Hall–Kier alpha value is -2.00. The van der Waals surface area contributed by atoms with E-state index in [0.29, 0.717) is 17.3 Å². The Kier molecular flexibility index (Phi) is 4.42. The van der Waals surface area contributed by atoms with Crippen molar-refractivity contribution in [2.45, 2.75) is 13.5 Å². The van der Waals surface area contributed by atoms with Crippen LogP contribution in [-0.2, 0) is 6.54 Å². The molecule has 0 aromatic heterocycles. The number of carbonyl (C=O) groups is 1. The third-order valence-electron chi connectivity index (χ3n) is 2.70. The van der Waals surface area contributed by atoms with Gasteiger partial charge in [0.25, 0.3) is 0 Å². The van der Waals surface area contributed by atoms with Crippen molar-refractivity contribution in [3.05, 3.63) is 64.7 Å². The Morgan fingerprint density at radius 2 is 1.79 bits per heavy atom. The highest BCUT2D eigenvalue weighted by Crippen LogP contribution is 2.20. The van der Waals surface area contributed by atoms with Crippen molar-refractivity contribution in [1.82, 2.24) is 5.32 Å². The number of carbonyl (C=O) groups excluding carboxylic acids is 1. The summed E-state index contributed by atoms with van der Waals surface area (Å²) in [6.45, 7) is 2.51. The lowest BCUT2D eigenvalue weighted by atomic mass is 10.1. The van der Waals surface area contributed by atoms with E-state index < -0.39 is 0 Å². The summed E-state index contributed by atoms with van der Waals surface area (Å²) in [5.74, 6) is 0. The second-order valence-corrected chi connectivity index (χ2v) is 4.68. The zero-order valence-corrected chi connectivity index (χ0v) is 11.4. The van der Waals surface area contributed by atoms with Gasteiger partial charge in [-0.05, 0) is 24.6 Å². The lowest BCUT2D eigenvalue weighted by Gasteiger charge is -2.09. The highest BCUT2D eigenvalue weighted by Gasteiger charge is 2.04. The summed E-state index contributed by atoms with van der Waals surface area (Å²) in [5.41, 5.74) is 2.86. The molecule has 0 aliphatic heterocycles. The van der Waals surface area contributed by atoms with Gasteiger partial charge < -0.3 is 10.6 Å². The van der Waals surface area contributed by atoms with Crippen molar-refractivity contribution in [2.24, 2.45) is 0 Å². The lowest BCUT2D eigenvalue weighted by Crippen LogP contribution is -2.28. The largest absolute Gasteiger partial charge is 0.334 e. The number of rotatable bonds is 3. The highest BCUT2D eigenvalue weighted by molar-refractivity contribution is 6.33. The zero-order chi connectivity index (χ0) is 13.7. The second kappa shape index (κ2) is 6.25. The van der Waals surface area contributed by atoms with Crippen LogP contribution in [0.4, 0.5) is 10.5 Å². The molecule has 0 fully saturated rings. The molecule has 0 unspecified atom stereocenters. The molecule has 0 spiro atoms. The Balaban J connectivity index is 1.88. The first-order valence-corrected chi connectivity index (χ1v) is 6.38. The predicted octanol–water partition coefficient (Wildman–Crippen LogP) is 3.97. The Morgan fingerprint density at radius 3 is 2.47 bits per heavy atom. The minimum Gasteiger partial charge on any atom is -0.334 e. The number of benzene rings is 2. The molecule has 0 aliphatic rings. The van der Waals surface area contributed by atoms with Gasteiger partial charge in [0.1, 0.15) is 0 Å². The molecule has 0 bridgehead atoms. The average Bonchev–Trinajstić information content (AvgIpc) is 2.41. The maximum absolute atomic E-state index is 11.7. The maximum Gasteiger partial charge on any atom is 0.319 e. The highest BCUT2D eigenvalue weighted by atomic mass is 35.5. The van der Waals surface area contributed by atoms with E-state index in [1.165, 1.54) is 5.56 Å². The first kappa shape index (κ1) is 13.4. The molecule has 0 aliphatic carbocycles. The number of aryl methyl sites for hydroxylation is 1.